The van der Waals surface area contributed by atoms with E-state index in [4.69, 9.17) is 22.1 Å². The van der Waals surface area contributed by atoms with Gasteiger partial charge in [0.05, 0.1) is 16.4 Å². The van der Waals surface area contributed by atoms with Crippen molar-refractivity contribution in [2.75, 3.05) is 5.73 Å². The Balaban J connectivity index is 1.96. The summed E-state index contributed by atoms with van der Waals surface area (Å²) >= 11 is 5.87. The van der Waals surface area contributed by atoms with Crippen molar-refractivity contribution in [1.82, 2.24) is 10.3 Å². The third-order valence-corrected chi connectivity index (χ3v) is 3.53. The average molecular weight is 324 g/mol. The van der Waals surface area contributed by atoms with Gasteiger partial charge in [-0.25, -0.2) is 4.79 Å². The fourth-order valence-electron chi connectivity index (χ4n) is 2.38. The van der Waals surface area contributed by atoms with Crippen molar-refractivity contribution in [3.05, 3.63) is 29.1 Å². The lowest BCUT2D eigenvalue weighted by Crippen LogP contribution is -2.39. The highest BCUT2D eigenvalue weighted by Gasteiger charge is 2.22. The number of hydrogen-bond donors (Lipinski definition) is 2. The molecular weight excluding hydrogens is 302 g/mol. The summed E-state index contributed by atoms with van der Waals surface area (Å²) in [6, 6.07) is 1.78. The molecule has 1 aromatic rings. The highest BCUT2D eigenvalue weighted by molar-refractivity contribution is 6.30. The van der Waals surface area contributed by atoms with Gasteiger partial charge in [0.25, 0.3) is 0 Å². The van der Waals surface area contributed by atoms with Crippen LogP contribution in [-0.2, 0) is 4.74 Å². The molecule has 0 bridgehead atoms. The molecule has 0 aromatic carbocycles. The van der Waals surface area contributed by atoms with Gasteiger partial charge in [-0.3, -0.25) is 4.98 Å². The summed E-state index contributed by atoms with van der Waals surface area (Å²) in [5.41, 5.74) is 7.93. The molecule has 0 spiro atoms. The number of nitrogens with one attached hydrogen (secondary N) is 1. The number of nitrogens with zero attached hydrogens (tertiary/aromatic N) is 1. The van der Waals surface area contributed by atoms with Gasteiger partial charge in [0, 0.05) is 12.2 Å². The summed E-state index contributed by atoms with van der Waals surface area (Å²) < 4.78 is 5.27. The molecule has 1 aliphatic carbocycles. The number of alkyl carbamates (subject to hydrolysis) is 1. The standard InChI is InChI=1S/C16H22ClN3O2/c1-16(2,3)22-15(21)20-12-6-4-10(5-7-12)14-13(18)8-11(17)9-19-14/h4,8-9,12H,5-7,18H2,1-3H3,(H,20,21). The first kappa shape index (κ1) is 16.6. The Kier molecular flexibility index (Phi) is 4.96. The molecule has 5 nitrogen and oxygen atoms in total. The van der Waals surface area contributed by atoms with Gasteiger partial charge in [-0.2, -0.15) is 0 Å². The van der Waals surface area contributed by atoms with E-state index in [1.165, 1.54) is 0 Å². The van der Waals surface area contributed by atoms with Crippen molar-refractivity contribution >= 4 is 29.0 Å². The van der Waals surface area contributed by atoms with Crippen LogP contribution in [0.4, 0.5) is 10.5 Å². The molecule has 6 heteroatoms. The third kappa shape index (κ3) is 4.63. The zero-order valence-electron chi connectivity index (χ0n) is 13.1. The van der Waals surface area contributed by atoms with Crippen LogP contribution in [0.2, 0.25) is 5.02 Å². The largest absolute Gasteiger partial charge is 0.444 e. The van der Waals surface area contributed by atoms with Crippen LogP contribution in [0.3, 0.4) is 0 Å². The molecule has 22 heavy (non-hydrogen) atoms. The zero-order valence-corrected chi connectivity index (χ0v) is 13.9. The number of hydrogen-bond acceptors (Lipinski definition) is 4. The van der Waals surface area contributed by atoms with Gasteiger partial charge in [-0.15, -0.1) is 0 Å². The lowest BCUT2D eigenvalue weighted by atomic mass is 9.92. The maximum atomic E-state index is 11.8. The molecule has 1 unspecified atom stereocenters. The molecule has 2 rings (SSSR count). The Hall–Kier alpha value is -1.75. The quantitative estimate of drug-likeness (QED) is 0.868. The summed E-state index contributed by atoms with van der Waals surface area (Å²) in [7, 11) is 0. The number of rotatable bonds is 2. The minimum Gasteiger partial charge on any atom is -0.444 e. The van der Waals surface area contributed by atoms with E-state index in [1.807, 2.05) is 20.8 Å². The van der Waals surface area contributed by atoms with Crippen LogP contribution in [-0.4, -0.2) is 22.7 Å². The highest BCUT2D eigenvalue weighted by Crippen LogP contribution is 2.30. The van der Waals surface area contributed by atoms with E-state index in [0.717, 1.165) is 30.5 Å². The third-order valence-electron chi connectivity index (χ3n) is 3.32. The monoisotopic (exact) mass is 323 g/mol. The molecule has 0 saturated carbocycles. The van der Waals surface area contributed by atoms with Gasteiger partial charge in [0.2, 0.25) is 0 Å². The normalized spacial score (nSPS) is 18.5. The van der Waals surface area contributed by atoms with Gasteiger partial charge >= 0.3 is 6.09 Å². The molecule has 0 aliphatic heterocycles. The van der Waals surface area contributed by atoms with Crippen LogP contribution < -0.4 is 11.1 Å². The van der Waals surface area contributed by atoms with Gasteiger partial charge in [0.1, 0.15) is 5.60 Å². The Bertz CT molecular complexity index is 594. The minimum absolute atomic E-state index is 0.0760. The summed E-state index contributed by atoms with van der Waals surface area (Å²) in [4.78, 5) is 16.1. The smallest absolute Gasteiger partial charge is 0.407 e. The van der Waals surface area contributed by atoms with Crippen LogP contribution >= 0.6 is 11.6 Å². The Morgan fingerprint density at radius 3 is 2.77 bits per heavy atom. The lowest BCUT2D eigenvalue weighted by Gasteiger charge is -2.26. The van der Waals surface area contributed by atoms with Crippen molar-refractivity contribution in [3.63, 3.8) is 0 Å². The van der Waals surface area contributed by atoms with E-state index in [-0.39, 0.29) is 12.1 Å². The molecule has 3 N–H and O–H groups in total. The summed E-state index contributed by atoms with van der Waals surface area (Å²) in [6.07, 6.45) is 5.66. The fourth-order valence-corrected chi connectivity index (χ4v) is 2.54. The maximum Gasteiger partial charge on any atom is 0.407 e. The number of carbonyl (C=O) groups excluding carboxylic acids is 1. The van der Waals surface area contributed by atoms with E-state index in [9.17, 15) is 4.79 Å². The van der Waals surface area contributed by atoms with Crippen LogP contribution in [0.15, 0.2) is 18.3 Å². The first-order valence-corrected chi connectivity index (χ1v) is 7.72. The van der Waals surface area contributed by atoms with Crippen LogP contribution in [0.25, 0.3) is 5.57 Å². The van der Waals surface area contributed by atoms with E-state index in [0.29, 0.717) is 10.7 Å². The zero-order chi connectivity index (χ0) is 16.3. The van der Waals surface area contributed by atoms with Crippen LogP contribution in [0.5, 0.6) is 0 Å². The van der Waals surface area contributed by atoms with Gasteiger partial charge in [-0.1, -0.05) is 17.7 Å². The highest BCUT2D eigenvalue weighted by atomic mass is 35.5. The summed E-state index contributed by atoms with van der Waals surface area (Å²) in [6.45, 7) is 5.54. The van der Waals surface area contributed by atoms with Crippen molar-refractivity contribution in [2.24, 2.45) is 0 Å². The first-order chi connectivity index (χ1) is 10.2. The Morgan fingerprint density at radius 1 is 1.50 bits per heavy atom. The maximum absolute atomic E-state index is 11.8. The Labute approximate surface area is 135 Å². The van der Waals surface area contributed by atoms with E-state index < -0.39 is 5.60 Å². The molecule has 1 amide bonds. The number of anilines is 1. The number of halogens is 1. The number of carbonyl (C=O) groups is 1. The molecule has 1 heterocycles. The topological polar surface area (TPSA) is 77.2 Å². The second-order valence-electron chi connectivity index (χ2n) is 6.44. The van der Waals surface area contributed by atoms with Crippen molar-refractivity contribution in [2.45, 2.75) is 51.7 Å². The second kappa shape index (κ2) is 6.57. The van der Waals surface area contributed by atoms with Gasteiger partial charge in [0.15, 0.2) is 0 Å². The summed E-state index contributed by atoms with van der Waals surface area (Å²) in [5, 5.41) is 3.42. The summed E-state index contributed by atoms with van der Waals surface area (Å²) in [5.74, 6) is 0. The molecule has 120 valence electrons. The number of amides is 1. The number of aromatic nitrogens is 1. The number of nitrogen functional groups attached to an aromatic ring is 1. The molecular formula is C16H22ClN3O2. The molecule has 1 aromatic heterocycles. The van der Waals surface area contributed by atoms with Gasteiger partial charge < -0.3 is 15.8 Å². The van der Waals surface area contributed by atoms with Crippen LogP contribution in [0, 0.1) is 0 Å². The predicted octanol–water partition coefficient (Wildman–Crippen LogP) is 3.78. The van der Waals surface area contributed by atoms with Crippen molar-refractivity contribution < 1.29 is 9.53 Å². The van der Waals surface area contributed by atoms with E-state index >= 15 is 0 Å². The fraction of sp³-hybridized carbons (Fsp3) is 0.500. The van der Waals surface area contributed by atoms with E-state index in [1.54, 1.807) is 12.3 Å². The molecule has 1 aliphatic rings. The van der Waals surface area contributed by atoms with Crippen LogP contribution in [0.1, 0.15) is 45.7 Å². The molecule has 0 fully saturated rings. The molecule has 0 saturated heterocycles. The number of nitrogens with two attached hydrogens (primary N) is 1. The Morgan fingerprint density at radius 2 is 2.23 bits per heavy atom. The minimum atomic E-state index is -0.485. The number of ether oxygens (including phenoxy) is 1. The lowest BCUT2D eigenvalue weighted by molar-refractivity contribution is 0.0502. The number of pyridine rings is 1. The SMILES string of the molecule is CC(C)(C)OC(=O)NC1CC=C(c2ncc(Cl)cc2N)CC1. The molecule has 0 radical (unpaired) electrons. The van der Waals surface area contributed by atoms with Crippen molar-refractivity contribution in [1.29, 1.82) is 0 Å². The first-order valence-electron chi connectivity index (χ1n) is 7.34. The second-order valence-corrected chi connectivity index (χ2v) is 6.87. The molecule has 1 atom stereocenters. The predicted molar refractivity (Wildman–Crippen MR) is 88.6 cm³/mol. The van der Waals surface area contributed by atoms with Crippen molar-refractivity contribution in [3.8, 4) is 0 Å². The average Bonchev–Trinajstić information content (AvgIpc) is 2.38. The van der Waals surface area contributed by atoms with E-state index in [2.05, 4.69) is 16.4 Å². The van der Waals surface area contributed by atoms with Gasteiger partial charge in [-0.05, 0) is 51.7 Å². The number of allylic oxidation sites excluding steroid dienone is 1.